The van der Waals surface area contributed by atoms with Crippen molar-refractivity contribution in [3.63, 3.8) is 0 Å². The fourth-order valence-electron chi connectivity index (χ4n) is 3.08. The van der Waals surface area contributed by atoms with E-state index in [1.807, 2.05) is 0 Å². The van der Waals surface area contributed by atoms with Crippen molar-refractivity contribution in [2.24, 2.45) is 17.3 Å². The van der Waals surface area contributed by atoms with E-state index in [4.69, 9.17) is 0 Å². The first-order valence-corrected chi connectivity index (χ1v) is 8.65. The van der Waals surface area contributed by atoms with Gasteiger partial charge >= 0.3 is 0 Å². The number of carbonyl (C=O) groups is 1. The fraction of sp³-hybridized carbons (Fsp3) is 0.650. The SMILES string of the molecule is CC(C)CN(CC(C)(C)C(C)c1ccccc1)C(=O)C1CC1. The van der Waals surface area contributed by atoms with Gasteiger partial charge in [0.25, 0.3) is 0 Å². The second-order valence-corrected chi connectivity index (χ2v) is 8.01. The van der Waals surface area contributed by atoms with Gasteiger partial charge in [-0.2, -0.15) is 0 Å². The lowest BCUT2D eigenvalue weighted by Crippen LogP contribution is -2.43. The summed E-state index contributed by atoms with van der Waals surface area (Å²) in [6.45, 7) is 13.0. The maximum Gasteiger partial charge on any atom is 0.225 e. The van der Waals surface area contributed by atoms with Crippen LogP contribution in [0.1, 0.15) is 58.9 Å². The molecule has 0 aromatic heterocycles. The molecular formula is C20H31NO. The lowest BCUT2D eigenvalue weighted by Gasteiger charge is -2.38. The quantitative estimate of drug-likeness (QED) is 0.714. The van der Waals surface area contributed by atoms with Gasteiger partial charge in [-0.05, 0) is 35.7 Å². The Kier molecular flexibility index (Phi) is 5.31. The van der Waals surface area contributed by atoms with Crippen molar-refractivity contribution in [1.82, 2.24) is 4.90 Å². The number of hydrogen-bond acceptors (Lipinski definition) is 1. The van der Waals surface area contributed by atoms with Crippen LogP contribution in [-0.2, 0) is 4.79 Å². The molecule has 0 radical (unpaired) electrons. The molecule has 0 spiro atoms. The maximum absolute atomic E-state index is 12.6. The molecule has 2 heteroatoms. The highest BCUT2D eigenvalue weighted by atomic mass is 16.2. The van der Waals surface area contributed by atoms with Crippen LogP contribution in [0.3, 0.4) is 0 Å². The molecule has 1 atom stereocenters. The Morgan fingerprint density at radius 1 is 1.18 bits per heavy atom. The molecule has 0 N–H and O–H groups in total. The van der Waals surface area contributed by atoms with E-state index in [0.717, 1.165) is 25.9 Å². The van der Waals surface area contributed by atoms with Gasteiger partial charge in [-0.3, -0.25) is 4.79 Å². The minimum Gasteiger partial charge on any atom is -0.342 e. The van der Waals surface area contributed by atoms with E-state index in [1.54, 1.807) is 0 Å². The molecule has 1 aromatic carbocycles. The summed E-state index contributed by atoms with van der Waals surface area (Å²) >= 11 is 0. The molecule has 1 aliphatic rings. The third-order valence-electron chi connectivity index (χ3n) is 4.89. The van der Waals surface area contributed by atoms with Gasteiger partial charge < -0.3 is 4.90 Å². The third kappa shape index (κ3) is 4.34. The number of rotatable bonds is 7. The van der Waals surface area contributed by atoms with Crippen molar-refractivity contribution in [2.75, 3.05) is 13.1 Å². The molecule has 1 fully saturated rings. The number of amides is 1. The third-order valence-corrected chi connectivity index (χ3v) is 4.89. The van der Waals surface area contributed by atoms with Crippen molar-refractivity contribution in [1.29, 1.82) is 0 Å². The predicted octanol–water partition coefficient (Wildman–Crippen LogP) is 4.71. The standard InChI is InChI=1S/C20H31NO/c1-15(2)13-21(19(22)18-11-12-18)14-20(4,5)16(3)17-9-7-6-8-10-17/h6-10,15-16,18H,11-14H2,1-5H3. The Balaban J connectivity index is 2.10. The minimum atomic E-state index is 0.0702. The molecule has 1 unspecified atom stereocenters. The molecule has 1 saturated carbocycles. The summed E-state index contributed by atoms with van der Waals surface area (Å²) in [5, 5.41) is 0. The summed E-state index contributed by atoms with van der Waals surface area (Å²) in [5.74, 6) is 1.63. The van der Waals surface area contributed by atoms with E-state index >= 15 is 0 Å². The Morgan fingerprint density at radius 3 is 2.27 bits per heavy atom. The lowest BCUT2D eigenvalue weighted by atomic mass is 9.75. The van der Waals surface area contributed by atoms with Crippen LogP contribution >= 0.6 is 0 Å². The number of benzene rings is 1. The van der Waals surface area contributed by atoms with E-state index < -0.39 is 0 Å². The van der Waals surface area contributed by atoms with Crippen molar-refractivity contribution in [2.45, 2.75) is 53.4 Å². The Hall–Kier alpha value is -1.31. The average Bonchev–Trinajstić information content (AvgIpc) is 3.29. The van der Waals surface area contributed by atoms with Gasteiger partial charge in [0.05, 0.1) is 0 Å². The van der Waals surface area contributed by atoms with Gasteiger partial charge in [0.1, 0.15) is 0 Å². The Bertz CT molecular complexity index is 488. The van der Waals surface area contributed by atoms with Crippen molar-refractivity contribution in [3.05, 3.63) is 35.9 Å². The van der Waals surface area contributed by atoms with E-state index in [0.29, 0.717) is 23.7 Å². The van der Waals surface area contributed by atoms with E-state index in [-0.39, 0.29) is 5.41 Å². The number of nitrogens with zero attached hydrogens (tertiary/aromatic N) is 1. The largest absolute Gasteiger partial charge is 0.342 e. The minimum absolute atomic E-state index is 0.0702. The Labute approximate surface area is 135 Å². The molecule has 2 rings (SSSR count). The smallest absolute Gasteiger partial charge is 0.225 e. The van der Waals surface area contributed by atoms with E-state index in [1.165, 1.54) is 5.56 Å². The normalized spacial score (nSPS) is 16.6. The highest BCUT2D eigenvalue weighted by molar-refractivity contribution is 5.81. The fourth-order valence-corrected chi connectivity index (χ4v) is 3.08. The van der Waals surface area contributed by atoms with Crippen LogP contribution in [0, 0.1) is 17.3 Å². The van der Waals surface area contributed by atoms with Crippen LogP contribution in [0.4, 0.5) is 0 Å². The topological polar surface area (TPSA) is 20.3 Å². The summed E-state index contributed by atoms with van der Waals surface area (Å²) in [6, 6.07) is 10.7. The zero-order chi connectivity index (χ0) is 16.3. The number of carbonyl (C=O) groups excluding carboxylic acids is 1. The summed E-state index contributed by atoms with van der Waals surface area (Å²) in [5.41, 5.74) is 1.43. The van der Waals surface area contributed by atoms with Gasteiger partial charge in [0, 0.05) is 19.0 Å². The van der Waals surface area contributed by atoms with Gasteiger partial charge in [0.15, 0.2) is 0 Å². The highest BCUT2D eigenvalue weighted by Crippen LogP contribution is 2.38. The molecule has 22 heavy (non-hydrogen) atoms. The van der Waals surface area contributed by atoms with E-state index in [2.05, 4.69) is 69.9 Å². The van der Waals surface area contributed by atoms with Crippen LogP contribution < -0.4 is 0 Å². The molecule has 1 amide bonds. The van der Waals surface area contributed by atoms with Crippen LogP contribution in [-0.4, -0.2) is 23.9 Å². The first-order valence-electron chi connectivity index (χ1n) is 8.65. The van der Waals surface area contributed by atoms with Crippen LogP contribution in [0.25, 0.3) is 0 Å². The highest BCUT2D eigenvalue weighted by Gasteiger charge is 2.37. The van der Waals surface area contributed by atoms with Crippen LogP contribution in [0.2, 0.25) is 0 Å². The lowest BCUT2D eigenvalue weighted by molar-refractivity contribution is -0.134. The monoisotopic (exact) mass is 301 g/mol. The molecule has 0 saturated heterocycles. The summed E-state index contributed by atoms with van der Waals surface area (Å²) in [7, 11) is 0. The van der Waals surface area contributed by atoms with Crippen molar-refractivity contribution < 1.29 is 4.79 Å². The summed E-state index contributed by atoms with van der Waals surface area (Å²) in [4.78, 5) is 14.7. The molecule has 122 valence electrons. The van der Waals surface area contributed by atoms with E-state index in [9.17, 15) is 4.79 Å². The average molecular weight is 301 g/mol. The summed E-state index contributed by atoms with van der Waals surface area (Å²) < 4.78 is 0. The van der Waals surface area contributed by atoms with Gasteiger partial charge in [0.2, 0.25) is 5.91 Å². The molecule has 2 nitrogen and oxygen atoms in total. The molecule has 0 bridgehead atoms. The van der Waals surface area contributed by atoms with Crippen LogP contribution in [0.15, 0.2) is 30.3 Å². The first kappa shape index (κ1) is 17.1. The molecule has 1 aromatic rings. The second-order valence-electron chi connectivity index (χ2n) is 8.01. The predicted molar refractivity (Wildman–Crippen MR) is 92.8 cm³/mol. The van der Waals surface area contributed by atoms with Gasteiger partial charge in [-0.1, -0.05) is 65.0 Å². The molecule has 1 aliphatic carbocycles. The maximum atomic E-state index is 12.6. The number of hydrogen-bond donors (Lipinski definition) is 0. The molecule has 0 heterocycles. The molecule has 0 aliphatic heterocycles. The van der Waals surface area contributed by atoms with Crippen molar-refractivity contribution in [3.8, 4) is 0 Å². The zero-order valence-electron chi connectivity index (χ0n) is 14.8. The second kappa shape index (κ2) is 6.85. The summed E-state index contributed by atoms with van der Waals surface area (Å²) in [6.07, 6.45) is 2.17. The van der Waals surface area contributed by atoms with Crippen molar-refractivity contribution >= 4 is 5.91 Å². The van der Waals surface area contributed by atoms with Gasteiger partial charge in [-0.15, -0.1) is 0 Å². The Morgan fingerprint density at radius 2 is 1.77 bits per heavy atom. The molecular weight excluding hydrogens is 270 g/mol. The van der Waals surface area contributed by atoms with Gasteiger partial charge in [-0.25, -0.2) is 0 Å². The zero-order valence-corrected chi connectivity index (χ0v) is 14.8. The first-order chi connectivity index (χ1) is 10.3. The van der Waals surface area contributed by atoms with Crippen LogP contribution in [0.5, 0.6) is 0 Å².